The lowest BCUT2D eigenvalue weighted by Gasteiger charge is -2.07. The van der Waals surface area contributed by atoms with Gasteiger partial charge in [-0.05, 0) is 60.9 Å². The van der Waals surface area contributed by atoms with Gasteiger partial charge in [-0.25, -0.2) is 4.79 Å². The van der Waals surface area contributed by atoms with Crippen LogP contribution in [0.5, 0.6) is 17.2 Å². The second-order valence-corrected chi connectivity index (χ2v) is 5.19. The fraction of sp³-hybridized carbons (Fsp3) is 0.211. The van der Waals surface area contributed by atoms with Gasteiger partial charge < -0.3 is 14.2 Å². The lowest BCUT2D eigenvalue weighted by Crippen LogP contribution is -2.04. The van der Waals surface area contributed by atoms with Crippen molar-refractivity contribution in [3.63, 3.8) is 0 Å². The molecule has 0 saturated heterocycles. The number of esters is 1. The van der Waals surface area contributed by atoms with Gasteiger partial charge >= 0.3 is 5.97 Å². The van der Waals surface area contributed by atoms with E-state index in [4.69, 9.17) is 14.2 Å². The average Bonchev–Trinajstić information content (AvgIpc) is 2.51. The van der Waals surface area contributed by atoms with Crippen LogP contribution in [0.2, 0.25) is 0 Å². The van der Waals surface area contributed by atoms with E-state index in [1.807, 2.05) is 38.1 Å². The Morgan fingerprint density at radius 2 is 1.57 bits per heavy atom. The highest BCUT2D eigenvalue weighted by atomic mass is 16.5. The van der Waals surface area contributed by atoms with Crippen LogP contribution in [-0.4, -0.2) is 20.2 Å². The molecule has 0 aliphatic carbocycles. The quantitative estimate of drug-likeness (QED) is 0.476. The molecule has 4 nitrogen and oxygen atoms in total. The van der Waals surface area contributed by atoms with Crippen molar-refractivity contribution in [1.82, 2.24) is 0 Å². The Balaban J connectivity index is 2.09. The number of rotatable bonds is 5. The molecule has 0 bridgehead atoms. The van der Waals surface area contributed by atoms with Gasteiger partial charge in [-0.1, -0.05) is 12.1 Å². The predicted octanol–water partition coefficient (Wildman–Crippen LogP) is 3.94. The standard InChI is InChI=1S/C19H20O4/c1-13-9-14(2)11-16(10-13)23-19(20)8-6-15-5-7-17(21-3)18(12-15)22-4/h5-12H,1-4H3. The van der Waals surface area contributed by atoms with Crippen molar-refractivity contribution in [1.29, 1.82) is 0 Å². The summed E-state index contributed by atoms with van der Waals surface area (Å²) in [5.74, 6) is 1.37. The lowest BCUT2D eigenvalue weighted by atomic mass is 10.1. The monoisotopic (exact) mass is 312 g/mol. The Morgan fingerprint density at radius 3 is 2.17 bits per heavy atom. The van der Waals surface area contributed by atoms with E-state index in [1.165, 1.54) is 6.08 Å². The number of benzene rings is 2. The summed E-state index contributed by atoms with van der Waals surface area (Å²) in [4.78, 5) is 11.9. The second-order valence-electron chi connectivity index (χ2n) is 5.19. The van der Waals surface area contributed by atoms with Crippen molar-refractivity contribution in [2.75, 3.05) is 14.2 Å². The minimum atomic E-state index is -0.426. The molecule has 0 heterocycles. The van der Waals surface area contributed by atoms with Crippen LogP contribution in [0.1, 0.15) is 16.7 Å². The van der Waals surface area contributed by atoms with E-state index < -0.39 is 5.97 Å². The molecule has 0 aliphatic rings. The molecule has 0 spiro atoms. The molecule has 2 aromatic carbocycles. The highest BCUT2D eigenvalue weighted by molar-refractivity contribution is 5.88. The normalized spacial score (nSPS) is 10.6. The fourth-order valence-corrected chi connectivity index (χ4v) is 2.26. The number of carbonyl (C=O) groups is 1. The number of ether oxygens (including phenoxy) is 3. The first-order valence-corrected chi connectivity index (χ1v) is 7.22. The smallest absolute Gasteiger partial charge is 0.336 e. The summed E-state index contributed by atoms with van der Waals surface area (Å²) < 4.78 is 15.7. The summed E-state index contributed by atoms with van der Waals surface area (Å²) in [7, 11) is 3.15. The van der Waals surface area contributed by atoms with E-state index in [0.29, 0.717) is 17.2 Å². The summed E-state index contributed by atoms with van der Waals surface area (Å²) >= 11 is 0. The third-order valence-electron chi connectivity index (χ3n) is 3.23. The molecule has 0 aromatic heterocycles. The van der Waals surface area contributed by atoms with Gasteiger partial charge in [0.05, 0.1) is 14.2 Å². The van der Waals surface area contributed by atoms with Crippen molar-refractivity contribution in [3.8, 4) is 17.2 Å². The summed E-state index contributed by atoms with van der Waals surface area (Å²) in [5, 5.41) is 0. The zero-order chi connectivity index (χ0) is 16.8. The number of aryl methyl sites for hydroxylation is 2. The first kappa shape index (κ1) is 16.6. The van der Waals surface area contributed by atoms with Gasteiger partial charge in [0.2, 0.25) is 0 Å². The molecule has 2 rings (SSSR count). The number of hydrogen-bond donors (Lipinski definition) is 0. The van der Waals surface area contributed by atoms with Gasteiger partial charge in [0.1, 0.15) is 5.75 Å². The molecule has 0 fully saturated rings. The molecule has 120 valence electrons. The molecule has 0 unspecified atom stereocenters. The molecular weight excluding hydrogens is 292 g/mol. The van der Waals surface area contributed by atoms with Gasteiger partial charge in [0.15, 0.2) is 11.5 Å². The Hall–Kier alpha value is -2.75. The summed E-state index contributed by atoms with van der Waals surface area (Å²) in [5.41, 5.74) is 2.92. The third-order valence-corrected chi connectivity index (χ3v) is 3.23. The van der Waals surface area contributed by atoms with Crippen molar-refractivity contribution < 1.29 is 19.0 Å². The third kappa shape index (κ3) is 4.61. The van der Waals surface area contributed by atoms with Crippen LogP contribution in [0.25, 0.3) is 6.08 Å². The maximum Gasteiger partial charge on any atom is 0.336 e. The van der Waals surface area contributed by atoms with Crippen LogP contribution in [0.15, 0.2) is 42.5 Å². The summed E-state index contributed by atoms with van der Waals surface area (Å²) in [6.45, 7) is 3.92. The fourth-order valence-electron chi connectivity index (χ4n) is 2.26. The largest absolute Gasteiger partial charge is 0.493 e. The minimum Gasteiger partial charge on any atom is -0.493 e. The molecular formula is C19H20O4. The lowest BCUT2D eigenvalue weighted by molar-refractivity contribution is -0.128. The predicted molar refractivity (Wildman–Crippen MR) is 90.1 cm³/mol. The van der Waals surface area contributed by atoms with E-state index in [0.717, 1.165) is 16.7 Å². The molecule has 0 amide bonds. The van der Waals surface area contributed by atoms with Crippen LogP contribution in [0.3, 0.4) is 0 Å². The Morgan fingerprint density at radius 1 is 0.913 bits per heavy atom. The van der Waals surface area contributed by atoms with Crippen LogP contribution >= 0.6 is 0 Å². The Labute approximate surface area is 136 Å². The zero-order valence-electron chi connectivity index (χ0n) is 13.8. The van der Waals surface area contributed by atoms with Gasteiger partial charge in [-0.2, -0.15) is 0 Å². The van der Waals surface area contributed by atoms with Crippen molar-refractivity contribution in [2.45, 2.75) is 13.8 Å². The maximum absolute atomic E-state index is 11.9. The Kier molecular flexibility index (Phi) is 5.41. The van der Waals surface area contributed by atoms with Crippen LogP contribution in [0.4, 0.5) is 0 Å². The highest BCUT2D eigenvalue weighted by Gasteiger charge is 2.05. The van der Waals surface area contributed by atoms with Crippen molar-refractivity contribution >= 4 is 12.0 Å². The average molecular weight is 312 g/mol. The first-order chi connectivity index (χ1) is 11.0. The first-order valence-electron chi connectivity index (χ1n) is 7.22. The number of hydrogen-bond acceptors (Lipinski definition) is 4. The SMILES string of the molecule is COc1ccc(C=CC(=O)Oc2cc(C)cc(C)c2)cc1OC. The summed E-state index contributed by atoms with van der Waals surface area (Å²) in [6, 6.07) is 11.1. The van der Waals surface area contributed by atoms with Gasteiger partial charge in [0.25, 0.3) is 0 Å². The van der Waals surface area contributed by atoms with Crippen LogP contribution in [0, 0.1) is 13.8 Å². The number of methoxy groups -OCH3 is 2. The molecule has 4 heteroatoms. The number of carbonyl (C=O) groups excluding carboxylic acids is 1. The van der Waals surface area contributed by atoms with Crippen LogP contribution in [-0.2, 0) is 4.79 Å². The van der Waals surface area contributed by atoms with Crippen molar-refractivity contribution in [3.05, 3.63) is 59.2 Å². The molecule has 0 N–H and O–H groups in total. The molecule has 0 radical (unpaired) electrons. The molecule has 0 saturated carbocycles. The second kappa shape index (κ2) is 7.49. The van der Waals surface area contributed by atoms with Gasteiger partial charge in [-0.15, -0.1) is 0 Å². The van der Waals surface area contributed by atoms with Gasteiger partial charge in [0, 0.05) is 6.08 Å². The van der Waals surface area contributed by atoms with E-state index in [-0.39, 0.29) is 0 Å². The molecule has 2 aromatic rings. The molecule has 0 atom stereocenters. The summed E-state index contributed by atoms with van der Waals surface area (Å²) in [6.07, 6.45) is 3.06. The molecule has 23 heavy (non-hydrogen) atoms. The topological polar surface area (TPSA) is 44.8 Å². The van der Waals surface area contributed by atoms with E-state index in [9.17, 15) is 4.79 Å². The zero-order valence-corrected chi connectivity index (χ0v) is 13.8. The van der Waals surface area contributed by atoms with E-state index in [2.05, 4.69) is 0 Å². The minimum absolute atomic E-state index is 0.426. The van der Waals surface area contributed by atoms with E-state index >= 15 is 0 Å². The maximum atomic E-state index is 11.9. The molecule has 0 aliphatic heterocycles. The van der Waals surface area contributed by atoms with Crippen LogP contribution < -0.4 is 14.2 Å². The highest BCUT2D eigenvalue weighted by Crippen LogP contribution is 2.28. The van der Waals surface area contributed by atoms with Gasteiger partial charge in [-0.3, -0.25) is 0 Å². The van der Waals surface area contributed by atoms with Crippen molar-refractivity contribution in [2.24, 2.45) is 0 Å². The Bertz CT molecular complexity index is 712. The van der Waals surface area contributed by atoms with E-state index in [1.54, 1.807) is 32.4 Å².